The first kappa shape index (κ1) is 33.9. The molecule has 8 heteroatoms. The Morgan fingerprint density at radius 1 is 1.00 bits per heavy atom. The second-order valence-electron chi connectivity index (χ2n) is 12.8. The van der Waals surface area contributed by atoms with Gasteiger partial charge in [-0.05, 0) is 85.9 Å². The summed E-state index contributed by atoms with van der Waals surface area (Å²) < 4.78 is 5.40. The van der Waals surface area contributed by atoms with Gasteiger partial charge in [-0.1, -0.05) is 52.0 Å². The van der Waals surface area contributed by atoms with Crippen molar-refractivity contribution in [1.82, 2.24) is 14.7 Å². The number of piperidine rings is 1. The number of hydrogen-bond acceptors (Lipinski definition) is 4. The summed E-state index contributed by atoms with van der Waals surface area (Å²) in [6.07, 6.45) is 4.16. The van der Waals surface area contributed by atoms with Gasteiger partial charge >= 0.3 is 6.03 Å². The second-order valence-corrected chi connectivity index (χ2v) is 12.8. The van der Waals surface area contributed by atoms with Gasteiger partial charge in [-0.25, -0.2) is 4.79 Å². The maximum atomic E-state index is 12.9. The SMILES string of the molecule is CCCN(CC1CCN(C(=O)N2CCOCC2)CC1)C(C)Cc1cccc(NC(=O)c2ccc(C(C)(C)C)cc2)c1.Cl. The monoisotopic (exact) mass is 598 g/mol. The largest absolute Gasteiger partial charge is 0.378 e. The van der Waals surface area contributed by atoms with Crippen molar-refractivity contribution in [1.29, 1.82) is 0 Å². The molecule has 2 heterocycles. The van der Waals surface area contributed by atoms with Crippen molar-refractivity contribution in [3.8, 4) is 0 Å². The Morgan fingerprint density at radius 2 is 1.64 bits per heavy atom. The molecule has 3 amide bonds. The average Bonchev–Trinajstić information content (AvgIpc) is 2.97. The lowest BCUT2D eigenvalue weighted by atomic mass is 9.87. The zero-order chi connectivity index (χ0) is 29.4. The lowest BCUT2D eigenvalue weighted by Gasteiger charge is -2.39. The number of halogens is 1. The topological polar surface area (TPSA) is 65.1 Å². The molecule has 2 fully saturated rings. The van der Waals surface area contributed by atoms with E-state index in [1.54, 1.807) is 0 Å². The smallest absolute Gasteiger partial charge is 0.320 e. The van der Waals surface area contributed by atoms with Crippen molar-refractivity contribution in [2.24, 2.45) is 5.92 Å². The highest BCUT2D eigenvalue weighted by atomic mass is 35.5. The van der Waals surface area contributed by atoms with Gasteiger partial charge in [0, 0.05) is 50.0 Å². The zero-order valence-corrected chi connectivity index (χ0v) is 27.0. The van der Waals surface area contributed by atoms with Crippen LogP contribution >= 0.6 is 12.4 Å². The summed E-state index contributed by atoms with van der Waals surface area (Å²) in [5, 5.41) is 3.09. The van der Waals surface area contributed by atoms with Crippen LogP contribution in [0.3, 0.4) is 0 Å². The third kappa shape index (κ3) is 9.45. The molecule has 7 nitrogen and oxygen atoms in total. The van der Waals surface area contributed by atoms with Crippen LogP contribution in [0.4, 0.5) is 10.5 Å². The molecule has 0 aromatic heterocycles. The molecule has 2 aliphatic heterocycles. The van der Waals surface area contributed by atoms with Gasteiger partial charge in [0.2, 0.25) is 0 Å². The van der Waals surface area contributed by atoms with E-state index in [2.05, 4.69) is 57.0 Å². The number of likely N-dealkylation sites (tertiary alicyclic amines) is 1. The third-order valence-corrected chi connectivity index (χ3v) is 8.52. The van der Waals surface area contributed by atoms with Gasteiger partial charge in [0.25, 0.3) is 5.91 Å². The molecule has 1 N–H and O–H groups in total. The molecule has 2 aromatic rings. The predicted molar refractivity (Wildman–Crippen MR) is 174 cm³/mol. The summed E-state index contributed by atoms with van der Waals surface area (Å²) in [4.78, 5) is 32.4. The van der Waals surface area contributed by atoms with E-state index < -0.39 is 0 Å². The normalized spacial score (nSPS) is 17.1. The molecule has 1 atom stereocenters. The molecular weight excluding hydrogens is 548 g/mol. The molecule has 0 radical (unpaired) electrons. The van der Waals surface area contributed by atoms with Gasteiger partial charge in [-0.2, -0.15) is 0 Å². The van der Waals surface area contributed by atoms with Gasteiger partial charge < -0.3 is 24.8 Å². The Kier molecular flexibility index (Phi) is 12.7. The zero-order valence-electron chi connectivity index (χ0n) is 26.2. The molecule has 2 saturated heterocycles. The number of rotatable bonds is 9. The highest BCUT2D eigenvalue weighted by Gasteiger charge is 2.29. The summed E-state index contributed by atoms with van der Waals surface area (Å²) in [5.41, 5.74) is 4.01. The van der Waals surface area contributed by atoms with E-state index in [0.717, 1.165) is 57.5 Å². The van der Waals surface area contributed by atoms with Crippen LogP contribution in [-0.2, 0) is 16.6 Å². The average molecular weight is 599 g/mol. The van der Waals surface area contributed by atoms with Crippen LogP contribution < -0.4 is 5.32 Å². The van der Waals surface area contributed by atoms with Gasteiger partial charge in [0.15, 0.2) is 0 Å². The molecule has 0 bridgehead atoms. The van der Waals surface area contributed by atoms with Crippen LogP contribution in [0.15, 0.2) is 48.5 Å². The molecule has 42 heavy (non-hydrogen) atoms. The maximum Gasteiger partial charge on any atom is 0.320 e. The van der Waals surface area contributed by atoms with Gasteiger partial charge in [0.1, 0.15) is 0 Å². The molecule has 2 aliphatic rings. The van der Waals surface area contributed by atoms with Gasteiger partial charge in [-0.15, -0.1) is 12.4 Å². The van der Waals surface area contributed by atoms with Crippen LogP contribution in [0.25, 0.3) is 0 Å². The first-order valence-corrected chi connectivity index (χ1v) is 15.5. The van der Waals surface area contributed by atoms with Crippen molar-refractivity contribution < 1.29 is 14.3 Å². The van der Waals surface area contributed by atoms with E-state index in [1.165, 1.54) is 11.1 Å². The Hall–Kier alpha value is -2.61. The van der Waals surface area contributed by atoms with Crippen molar-refractivity contribution in [3.05, 3.63) is 65.2 Å². The van der Waals surface area contributed by atoms with E-state index in [-0.39, 0.29) is 29.8 Å². The number of anilines is 1. The summed E-state index contributed by atoms with van der Waals surface area (Å²) in [7, 11) is 0. The summed E-state index contributed by atoms with van der Waals surface area (Å²) in [6, 6.07) is 16.7. The van der Waals surface area contributed by atoms with Crippen molar-refractivity contribution in [2.45, 2.75) is 71.8 Å². The number of urea groups is 1. The molecule has 0 spiro atoms. The third-order valence-electron chi connectivity index (χ3n) is 8.52. The number of carbonyl (C=O) groups is 2. The lowest BCUT2D eigenvalue weighted by molar-refractivity contribution is 0.0386. The molecule has 232 valence electrons. The van der Waals surface area contributed by atoms with Gasteiger partial charge in [-0.3, -0.25) is 4.79 Å². The highest BCUT2D eigenvalue weighted by molar-refractivity contribution is 6.04. The summed E-state index contributed by atoms with van der Waals surface area (Å²) in [6.45, 7) is 17.6. The van der Waals surface area contributed by atoms with E-state index in [4.69, 9.17) is 4.74 Å². The molecule has 1 unspecified atom stereocenters. The van der Waals surface area contributed by atoms with Crippen molar-refractivity contribution in [3.63, 3.8) is 0 Å². The number of nitrogens with zero attached hydrogens (tertiary/aromatic N) is 3. The van der Waals surface area contributed by atoms with Crippen LogP contribution in [0.5, 0.6) is 0 Å². The Labute approximate surface area is 259 Å². The maximum absolute atomic E-state index is 12.9. The Bertz CT molecular complexity index is 1140. The predicted octanol–water partition coefficient (Wildman–Crippen LogP) is 6.47. The number of ether oxygens (including phenoxy) is 1. The van der Waals surface area contributed by atoms with Crippen LogP contribution in [0.1, 0.15) is 75.4 Å². The second kappa shape index (κ2) is 15.7. The molecule has 2 aromatic carbocycles. The molecular formula is C34H51ClN4O3. The minimum absolute atomic E-state index is 0. The van der Waals surface area contributed by atoms with Crippen molar-refractivity contribution >= 4 is 30.0 Å². The Morgan fingerprint density at radius 3 is 2.26 bits per heavy atom. The van der Waals surface area contributed by atoms with E-state index >= 15 is 0 Å². The van der Waals surface area contributed by atoms with Crippen molar-refractivity contribution in [2.75, 3.05) is 57.8 Å². The number of hydrogen-bond donors (Lipinski definition) is 1. The standard InChI is InChI=1S/C34H50N4O3.ClH/c1-6-16-38(25-27-14-17-36(18-15-27)33(40)37-19-21-41-22-20-37)26(2)23-28-8-7-9-31(24-28)35-32(39)29-10-12-30(13-11-29)34(3,4)5;/h7-13,24,26-27H,6,14-23,25H2,1-5H3,(H,35,39);1H. The fraction of sp³-hybridized carbons (Fsp3) is 0.588. The van der Waals surface area contributed by atoms with E-state index in [0.29, 0.717) is 43.8 Å². The van der Waals surface area contributed by atoms with Crippen LogP contribution in [-0.4, -0.2) is 85.2 Å². The van der Waals surface area contributed by atoms with E-state index in [1.807, 2.05) is 46.2 Å². The van der Waals surface area contributed by atoms with Crippen LogP contribution in [0, 0.1) is 5.92 Å². The molecule has 0 saturated carbocycles. The molecule has 0 aliphatic carbocycles. The first-order valence-electron chi connectivity index (χ1n) is 15.5. The first-order chi connectivity index (χ1) is 19.6. The Balaban J connectivity index is 0.00000484. The molecule has 4 rings (SSSR count). The fourth-order valence-electron chi connectivity index (χ4n) is 5.94. The van der Waals surface area contributed by atoms with E-state index in [9.17, 15) is 9.59 Å². The number of amides is 3. The minimum atomic E-state index is -0.0817. The number of carbonyl (C=O) groups excluding carboxylic acids is 2. The minimum Gasteiger partial charge on any atom is -0.378 e. The fourth-order valence-corrected chi connectivity index (χ4v) is 5.94. The lowest BCUT2D eigenvalue weighted by Crippen LogP contribution is -2.51. The highest BCUT2D eigenvalue weighted by Crippen LogP contribution is 2.24. The number of morpholine rings is 1. The number of nitrogens with one attached hydrogen (secondary N) is 1. The van der Waals surface area contributed by atoms with Gasteiger partial charge in [0.05, 0.1) is 13.2 Å². The number of benzene rings is 2. The quantitative estimate of drug-likeness (QED) is 0.359. The summed E-state index contributed by atoms with van der Waals surface area (Å²) >= 11 is 0. The van der Waals surface area contributed by atoms with Crippen LogP contribution in [0.2, 0.25) is 0 Å². The summed E-state index contributed by atoms with van der Waals surface area (Å²) in [5.74, 6) is 0.523.